The lowest BCUT2D eigenvalue weighted by molar-refractivity contribution is -0.385. The summed E-state index contributed by atoms with van der Waals surface area (Å²) in [4.78, 5) is 21.7. The first-order valence-corrected chi connectivity index (χ1v) is 6.31. The van der Waals surface area contributed by atoms with Gasteiger partial charge in [-0.05, 0) is 37.8 Å². The summed E-state index contributed by atoms with van der Waals surface area (Å²) in [7, 11) is 0. The molecule has 0 spiro atoms. The van der Waals surface area contributed by atoms with Crippen LogP contribution in [-0.4, -0.2) is 23.0 Å². The average molecular weight is 279 g/mol. The number of nitrogens with zero attached hydrogens (tertiary/aromatic N) is 1. The highest BCUT2D eigenvalue weighted by molar-refractivity contribution is 5.85. The van der Waals surface area contributed by atoms with Crippen molar-refractivity contribution in [3.05, 3.63) is 33.9 Å². The maximum absolute atomic E-state index is 11.5. The first kappa shape index (κ1) is 14.3. The molecule has 1 aliphatic rings. The predicted octanol–water partition coefficient (Wildman–Crippen LogP) is 0.875. The van der Waals surface area contributed by atoms with E-state index in [-0.39, 0.29) is 18.2 Å². The van der Waals surface area contributed by atoms with Gasteiger partial charge in [-0.15, -0.1) is 0 Å². The van der Waals surface area contributed by atoms with Gasteiger partial charge in [-0.25, -0.2) is 0 Å². The quantitative estimate of drug-likeness (QED) is 0.591. The Morgan fingerprint density at radius 1 is 1.55 bits per heavy atom. The molecule has 2 rings (SSSR count). The minimum Gasteiger partial charge on any atom is -0.491 e. The van der Waals surface area contributed by atoms with E-state index in [0.29, 0.717) is 11.3 Å². The summed E-state index contributed by atoms with van der Waals surface area (Å²) in [6.07, 6.45) is 1.73. The van der Waals surface area contributed by atoms with Crippen LogP contribution in [0.25, 0.3) is 0 Å². The number of primary amides is 1. The number of nitro groups is 1. The molecule has 0 aliphatic heterocycles. The minimum atomic E-state index is -1.17. The molecule has 1 atom stereocenters. The van der Waals surface area contributed by atoms with Crippen LogP contribution >= 0.6 is 0 Å². The van der Waals surface area contributed by atoms with E-state index in [1.54, 1.807) is 13.0 Å². The first-order valence-electron chi connectivity index (χ1n) is 6.31. The number of carbonyl (C=O) groups is 1. The fourth-order valence-corrected chi connectivity index (χ4v) is 2.11. The van der Waals surface area contributed by atoms with E-state index < -0.39 is 16.4 Å². The van der Waals surface area contributed by atoms with E-state index in [1.807, 2.05) is 0 Å². The molecule has 1 aromatic carbocycles. The Hall–Kier alpha value is -2.15. The molecule has 108 valence electrons. The number of rotatable bonds is 6. The number of hydrogen-bond donors (Lipinski definition) is 2. The largest absolute Gasteiger partial charge is 0.491 e. The lowest BCUT2D eigenvalue weighted by atomic mass is 9.95. The van der Waals surface area contributed by atoms with Crippen molar-refractivity contribution in [2.24, 2.45) is 17.4 Å². The predicted molar refractivity (Wildman–Crippen MR) is 72.2 cm³/mol. The molecule has 1 amide bonds. The summed E-state index contributed by atoms with van der Waals surface area (Å²) in [5.41, 5.74) is 10.7. The van der Waals surface area contributed by atoms with Gasteiger partial charge in [0, 0.05) is 11.6 Å². The number of nitrogens with two attached hydrogens (primary N) is 2. The smallest absolute Gasteiger partial charge is 0.272 e. The van der Waals surface area contributed by atoms with Crippen LogP contribution in [0.4, 0.5) is 5.69 Å². The molecule has 20 heavy (non-hydrogen) atoms. The normalized spacial score (nSPS) is 17.3. The second-order valence-corrected chi connectivity index (χ2v) is 5.17. The zero-order valence-corrected chi connectivity index (χ0v) is 11.2. The van der Waals surface area contributed by atoms with Crippen LogP contribution < -0.4 is 16.2 Å². The number of hydrogen-bond acceptors (Lipinski definition) is 5. The molecular weight excluding hydrogens is 262 g/mol. The van der Waals surface area contributed by atoms with Crippen molar-refractivity contribution in [1.29, 1.82) is 0 Å². The van der Waals surface area contributed by atoms with Crippen molar-refractivity contribution in [2.75, 3.05) is 6.61 Å². The third-order valence-corrected chi connectivity index (χ3v) is 3.61. The third kappa shape index (κ3) is 2.72. The van der Waals surface area contributed by atoms with Crippen molar-refractivity contribution in [1.82, 2.24) is 0 Å². The van der Waals surface area contributed by atoms with E-state index in [1.165, 1.54) is 12.1 Å². The number of carbonyl (C=O) groups excluding carboxylic acids is 1. The van der Waals surface area contributed by atoms with Gasteiger partial charge in [0.2, 0.25) is 5.91 Å². The number of amides is 1. The monoisotopic (exact) mass is 279 g/mol. The second-order valence-electron chi connectivity index (χ2n) is 5.17. The van der Waals surface area contributed by atoms with E-state index in [2.05, 4.69) is 0 Å². The SMILES string of the molecule is Cc1cc(OCC(N)(C(N)=O)C2CC2)ccc1[N+](=O)[O-]. The fraction of sp³-hybridized carbons (Fsp3) is 0.462. The Labute approximate surface area is 116 Å². The van der Waals surface area contributed by atoms with Crippen LogP contribution in [-0.2, 0) is 4.79 Å². The highest BCUT2D eigenvalue weighted by Gasteiger charge is 2.47. The molecule has 1 unspecified atom stereocenters. The molecule has 1 fully saturated rings. The number of nitro benzene ring substituents is 1. The molecule has 4 N–H and O–H groups in total. The Morgan fingerprint density at radius 2 is 2.20 bits per heavy atom. The van der Waals surface area contributed by atoms with E-state index >= 15 is 0 Å². The zero-order valence-electron chi connectivity index (χ0n) is 11.2. The maximum atomic E-state index is 11.5. The zero-order chi connectivity index (χ0) is 14.9. The van der Waals surface area contributed by atoms with Crippen molar-refractivity contribution >= 4 is 11.6 Å². The minimum absolute atomic E-state index is 0.0217. The molecular formula is C13H17N3O4. The van der Waals surface area contributed by atoms with E-state index in [4.69, 9.17) is 16.2 Å². The van der Waals surface area contributed by atoms with Crippen LogP contribution in [0.3, 0.4) is 0 Å². The molecule has 1 saturated carbocycles. The molecule has 7 nitrogen and oxygen atoms in total. The number of aryl methyl sites for hydroxylation is 1. The number of ether oxygens (including phenoxy) is 1. The molecule has 1 aromatic rings. The molecule has 0 heterocycles. The first-order chi connectivity index (χ1) is 9.34. The molecule has 0 saturated heterocycles. The van der Waals surface area contributed by atoms with Gasteiger partial charge in [0.15, 0.2) is 0 Å². The Bertz CT molecular complexity index is 557. The van der Waals surface area contributed by atoms with Crippen LogP contribution in [0.2, 0.25) is 0 Å². The van der Waals surface area contributed by atoms with Gasteiger partial charge in [-0.2, -0.15) is 0 Å². The molecule has 7 heteroatoms. The summed E-state index contributed by atoms with van der Waals surface area (Å²) in [5, 5.41) is 10.7. The van der Waals surface area contributed by atoms with Gasteiger partial charge < -0.3 is 16.2 Å². The standard InChI is InChI=1S/C13H17N3O4/c1-8-6-10(4-5-11(8)16(18)19)20-7-13(15,12(14)17)9-2-3-9/h4-6,9H,2-3,7,15H2,1H3,(H2,14,17). The van der Waals surface area contributed by atoms with E-state index in [0.717, 1.165) is 12.8 Å². The highest BCUT2D eigenvalue weighted by atomic mass is 16.6. The van der Waals surface area contributed by atoms with Crippen LogP contribution in [0.5, 0.6) is 5.75 Å². The van der Waals surface area contributed by atoms with Gasteiger partial charge in [0.25, 0.3) is 5.69 Å². The molecule has 1 aliphatic carbocycles. The summed E-state index contributed by atoms with van der Waals surface area (Å²) < 4.78 is 5.50. The van der Waals surface area contributed by atoms with Crippen LogP contribution in [0.1, 0.15) is 18.4 Å². The Kier molecular flexibility index (Phi) is 3.63. The lowest BCUT2D eigenvalue weighted by Gasteiger charge is -2.25. The van der Waals surface area contributed by atoms with E-state index in [9.17, 15) is 14.9 Å². The van der Waals surface area contributed by atoms with Gasteiger partial charge in [0.05, 0.1) is 4.92 Å². The fourth-order valence-electron chi connectivity index (χ4n) is 2.11. The second kappa shape index (κ2) is 5.09. The van der Waals surface area contributed by atoms with Crippen molar-refractivity contribution in [3.63, 3.8) is 0 Å². The van der Waals surface area contributed by atoms with Gasteiger partial charge >= 0.3 is 0 Å². The van der Waals surface area contributed by atoms with Gasteiger partial charge in [-0.3, -0.25) is 14.9 Å². The highest BCUT2D eigenvalue weighted by Crippen LogP contribution is 2.38. The maximum Gasteiger partial charge on any atom is 0.272 e. The number of benzene rings is 1. The molecule has 0 bridgehead atoms. The molecule has 0 radical (unpaired) electrons. The van der Waals surface area contributed by atoms with Gasteiger partial charge in [0.1, 0.15) is 17.9 Å². The molecule has 0 aromatic heterocycles. The summed E-state index contributed by atoms with van der Waals surface area (Å²) in [6, 6.07) is 4.40. The van der Waals surface area contributed by atoms with Gasteiger partial charge in [-0.1, -0.05) is 0 Å². The van der Waals surface area contributed by atoms with Crippen molar-refractivity contribution in [2.45, 2.75) is 25.3 Å². The summed E-state index contributed by atoms with van der Waals surface area (Å²) in [6.45, 7) is 1.60. The topological polar surface area (TPSA) is 121 Å². The Balaban J connectivity index is 2.09. The van der Waals surface area contributed by atoms with Crippen molar-refractivity contribution < 1.29 is 14.5 Å². The summed E-state index contributed by atoms with van der Waals surface area (Å²) in [5.74, 6) is -0.0948. The third-order valence-electron chi connectivity index (χ3n) is 3.61. The van der Waals surface area contributed by atoms with Crippen molar-refractivity contribution in [3.8, 4) is 5.75 Å². The average Bonchev–Trinajstić information content (AvgIpc) is 3.19. The van der Waals surface area contributed by atoms with Crippen LogP contribution in [0.15, 0.2) is 18.2 Å². The summed E-state index contributed by atoms with van der Waals surface area (Å²) >= 11 is 0. The lowest BCUT2D eigenvalue weighted by Crippen LogP contribution is -2.58. The Morgan fingerprint density at radius 3 is 2.65 bits per heavy atom. The van der Waals surface area contributed by atoms with Crippen LogP contribution in [0, 0.1) is 23.0 Å².